The molecule has 2 nitrogen and oxygen atoms in total. The van der Waals surface area contributed by atoms with E-state index in [9.17, 15) is 5.11 Å². The molecule has 1 aliphatic carbocycles. The Hall–Kier alpha value is -0.0800. The van der Waals surface area contributed by atoms with E-state index in [0.29, 0.717) is 6.04 Å². The fourth-order valence-corrected chi connectivity index (χ4v) is 2.77. The number of nitrogens with zero attached hydrogens (tertiary/aromatic N) is 1. The first kappa shape index (κ1) is 11.4. The fourth-order valence-electron chi connectivity index (χ4n) is 2.77. The minimum absolute atomic E-state index is 0.130. The predicted molar refractivity (Wildman–Crippen MR) is 62.9 cm³/mol. The Labute approximate surface area is 93.7 Å². The summed E-state index contributed by atoms with van der Waals surface area (Å²) >= 11 is 0. The number of hydrogen-bond acceptors (Lipinski definition) is 2. The van der Waals surface area contributed by atoms with Gasteiger partial charge in [-0.1, -0.05) is 12.8 Å². The van der Waals surface area contributed by atoms with Gasteiger partial charge in [-0.05, 0) is 51.5 Å². The number of rotatable bonds is 4. The first-order valence-electron chi connectivity index (χ1n) is 6.68. The fraction of sp³-hybridized carbons (Fsp3) is 1.00. The zero-order chi connectivity index (χ0) is 10.7. The second-order valence-electron chi connectivity index (χ2n) is 5.53. The van der Waals surface area contributed by atoms with Gasteiger partial charge in [0, 0.05) is 12.6 Å². The highest BCUT2D eigenvalue weighted by molar-refractivity contribution is 4.83. The molecule has 1 saturated heterocycles. The number of aliphatic hydroxyl groups is 1. The molecule has 0 radical (unpaired) electrons. The van der Waals surface area contributed by atoms with Crippen LogP contribution >= 0.6 is 0 Å². The molecule has 0 aromatic heterocycles. The van der Waals surface area contributed by atoms with Crippen molar-refractivity contribution in [1.29, 1.82) is 0 Å². The molecule has 0 aromatic carbocycles. The Kier molecular flexibility index (Phi) is 4.04. The third-order valence-electron chi connectivity index (χ3n) is 3.80. The lowest BCUT2D eigenvalue weighted by Gasteiger charge is -2.30. The summed E-state index contributed by atoms with van der Waals surface area (Å²) in [6.07, 6.45) is 9.15. The van der Waals surface area contributed by atoms with Crippen LogP contribution in [0.25, 0.3) is 0 Å². The largest absolute Gasteiger partial charge is 0.393 e. The van der Waals surface area contributed by atoms with E-state index in [-0.39, 0.29) is 6.10 Å². The normalized spacial score (nSPS) is 31.2. The Morgan fingerprint density at radius 1 is 1.20 bits per heavy atom. The van der Waals surface area contributed by atoms with E-state index >= 15 is 0 Å². The third kappa shape index (κ3) is 3.76. The number of aliphatic hydroxyl groups excluding tert-OH is 1. The first-order valence-corrected chi connectivity index (χ1v) is 6.68. The maximum atomic E-state index is 9.54. The van der Waals surface area contributed by atoms with Crippen LogP contribution in [0.5, 0.6) is 0 Å². The van der Waals surface area contributed by atoms with E-state index in [4.69, 9.17) is 0 Å². The molecule has 1 saturated carbocycles. The van der Waals surface area contributed by atoms with Crippen molar-refractivity contribution in [3.63, 3.8) is 0 Å². The van der Waals surface area contributed by atoms with Crippen LogP contribution in [0.15, 0.2) is 0 Å². The van der Waals surface area contributed by atoms with Crippen molar-refractivity contribution in [2.24, 2.45) is 5.92 Å². The highest BCUT2D eigenvalue weighted by atomic mass is 16.3. The molecule has 88 valence electrons. The maximum absolute atomic E-state index is 9.54. The van der Waals surface area contributed by atoms with E-state index in [1.165, 1.54) is 51.6 Å². The lowest BCUT2D eigenvalue weighted by atomic mass is 10.0. The van der Waals surface area contributed by atoms with Gasteiger partial charge in [-0.2, -0.15) is 0 Å². The zero-order valence-electron chi connectivity index (χ0n) is 9.99. The van der Waals surface area contributed by atoms with Gasteiger partial charge in [0.2, 0.25) is 0 Å². The van der Waals surface area contributed by atoms with Gasteiger partial charge < -0.3 is 10.0 Å². The molecule has 0 bridgehead atoms. The summed E-state index contributed by atoms with van der Waals surface area (Å²) in [7, 11) is 0. The quantitative estimate of drug-likeness (QED) is 0.772. The van der Waals surface area contributed by atoms with Gasteiger partial charge in [0.1, 0.15) is 0 Å². The summed E-state index contributed by atoms with van der Waals surface area (Å²) in [6.45, 7) is 4.51. The van der Waals surface area contributed by atoms with E-state index in [1.807, 2.05) is 6.92 Å². The minimum atomic E-state index is -0.130. The zero-order valence-corrected chi connectivity index (χ0v) is 9.99. The predicted octanol–water partition coefficient (Wildman–Crippen LogP) is 2.41. The molecule has 2 fully saturated rings. The molecule has 15 heavy (non-hydrogen) atoms. The van der Waals surface area contributed by atoms with Crippen molar-refractivity contribution in [3.05, 3.63) is 0 Å². The van der Waals surface area contributed by atoms with Crippen molar-refractivity contribution < 1.29 is 5.11 Å². The van der Waals surface area contributed by atoms with E-state index < -0.39 is 0 Å². The van der Waals surface area contributed by atoms with Crippen molar-refractivity contribution in [1.82, 2.24) is 4.90 Å². The molecule has 0 spiro atoms. The Morgan fingerprint density at radius 3 is 2.67 bits per heavy atom. The van der Waals surface area contributed by atoms with Gasteiger partial charge in [0.05, 0.1) is 6.10 Å². The van der Waals surface area contributed by atoms with E-state index in [0.717, 1.165) is 12.3 Å². The van der Waals surface area contributed by atoms with Gasteiger partial charge in [-0.15, -0.1) is 0 Å². The molecule has 2 rings (SSSR count). The molecular weight excluding hydrogens is 186 g/mol. The van der Waals surface area contributed by atoms with Crippen LogP contribution < -0.4 is 0 Å². The topological polar surface area (TPSA) is 23.5 Å². The standard InChI is InChI=1S/C13H25NO/c1-11(15)9-13-5-3-2-4-8-14(13)10-12-6-7-12/h11-13,15H,2-10H2,1H3. The van der Waals surface area contributed by atoms with Crippen LogP contribution in [-0.4, -0.2) is 35.2 Å². The van der Waals surface area contributed by atoms with Crippen LogP contribution in [0.2, 0.25) is 0 Å². The average Bonchev–Trinajstić information content (AvgIpc) is 2.96. The third-order valence-corrected chi connectivity index (χ3v) is 3.80. The van der Waals surface area contributed by atoms with Crippen molar-refractivity contribution in [2.45, 2.75) is 64.0 Å². The smallest absolute Gasteiger partial charge is 0.0527 e. The summed E-state index contributed by atoms with van der Waals surface area (Å²) < 4.78 is 0. The highest BCUT2D eigenvalue weighted by Crippen LogP contribution is 2.32. The van der Waals surface area contributed by atoms with Gasteiger partial charge >= 0.3 is 0 Å². The van der Waals surface area contributed by atoms with Gasteiger partial charge in [-0.3, -0.25) is 0 Å². The molecule has 0 aromatic rings. The van der Waals surface area contributed by atoms with Crippen LogP contribution in [-0.2, 0) is 0 Å². The van der Waals surface area contributed by atoms with Crippen molar-refractivity contribution in [2.75, 3.05) is 13.1 Å². The summed E-state index contributed by atoms with van der Waals surface area (Å²) in [5, 5.41) is 9.54. The Balaban J connectivity index is 1.87. The molecule has 0 amide bonds. The minimum Gasteiger partial charge on any atom is -0.393 e. The lowest BCUT2D eigenvalue weighted by molar-refractivity contribution is 0.109. The first-order chi connectivity index (χ1) is 7.25. The highest BCUT2D eigenvalue weighted by Gasteiger charge is 2.29. The Bertz CT molecular complexity index is 177. The van der Waals surface area contributed by atoms with Crippen LogP contribution in [0.1, 0.15) is 51.9 Å². The molecular formula is C13H25NO. The molecule has 2 heteroatoms. The lowest BCUT2D eigenvalue weighted by Crippen LogP contribution is -2.38. The van der Waals surface area contributed by atoms with Gasteiger partial charge in [0.25, 0.3) is 0 Å². The average molecular weight is 211 g/mol. The molecule has 1 heterocycles. The van der Waals surface area contributed by atoms with Crippen molar-refractivity contribution >= 4 is 0 Å². The second-order valence-corrected chi connectivity index (χ2v) is 5.53. The molecule has 2 aliphatic rings. The summed E-state index contributed by atoms with van der Waals surface area (Å²) in [6, 6.07) is 0.660. The molecule has 1 aliphatic heterocycles. The molecule has 2 unspecified atom stereocenters. The monoisotopic (exact) mass is 211 g/mol. The summed E-state index contributed by atoms with van der Waals surface area (Å²) in [4.78, 5) is 2.66. The molecule has 2 atom stereocenters. The van der Waals surface area contributed by atoms with Gasteiger partial charge in [-0.25, -0.2) is 0 Å². The molecule has 1 N–H and O–H groups in total. The van der Waals surface area contributed by atoms with Crippen LogP contribution in [0.3, 0.4) is 0 Å². The number of hydrogen-bond donors (Lipinski definition) is 1. The van der Waals surface area contributed by atoms with Crippen LogP contribution in [0.4, 0.5) is 0 Å². The van der Waals surface area contributed by atoms with Gasteiger partial charge in [0.15, 0.2) is 0 Å². The van der Waals surface area contributed by atoms with E-state index in [1.54, 1.807) is 0 Å². The van der Waals surface area contributed by atoms with E-state index in [2.05, 4.69) is 4.90 Å². The Morgan fingerprint density at radius 2 is 2.00 bits per heavy atom. The number of likely N-dealkylation sites (tertiary alicyclic amines) is 1. The van der Waals surface area contributed by atoms with Crippen LogP contribution in [0, 0.1) is 5.92 Å². The summed E-state index contributed by atoms with van der Waals surface area (Å²) in [5.41, 5.74) is 0. The summed E-state index contributed by atoms with van der Waals surface area (Å²) in [5.74, 6) is 0.986. The van der Waals surface area contributed by atoms with Crippen molar-refractivity contribution in [3.8, 4) is 0 Å². The maximum Gasteiger partial charge on any atom is 0.0527 e. The second kappa shape index (κ2) is 5.31. The SMILES string of the molecule is CC(O)CC1CCCCCN1CC1CC1.